The van der Waals surface area contributed by atoms with E-state index in [0.717, 1.165) is 13.0 Å². The molecule has 1 aliphatic rings. The Hall–Kier alpha value is -1.01. The number of nitrogens with zero attached hydrogens (tertiary/aromatic N) is 2. The lowest BCUT2D eigenvalue weighted by molar-refractivity contribution is 0.492. The van der Waals surface area contributed by atoms with Crippen LogP contribution < -0.4 is 5.32 Å². The van der Waals surface area contributed by atoms with E-state index in [0.29, 0.717) is 24.4 Å². The summed E-state index contributed by atoms with van der Waals surface area (Å²) in [6, 6.07) is 1.78. The van der Waals surface area contributed by atoms with Crippen molar-refractivity contribution >= 4 is 9.84 Å². The van der Waals surface area contributed by atoms with Crippen LogP contribution >= 0.6 is 0 Å². The molecule has 1 aromatic rings. The highest BCUT2D eigenvalue weighted by atomic mass is 32.2. The number of hydrogen-bond acceptors (Lipinski definition) is 5. The van der Waals surface area contributed by atoms with Gasteiger partial charge in [-0.25, -0.2) is 18.4 Å². The average molecular weight is 255 g/mol. The summed E-state index contributed by atoms with van der Waals surface area (Å²) in [7, 11) is -3.39. The first-order chi connectivity index (χ1) is 8.00. The van der Waals surface area contributed by atoms with Crippen LogP contribution in [-0.2, 0) is 9.84 Å². The van der Waals surface area contributed by atoms with Gasteiger partial charge in [-0.1, -0.05) is 0 Å². The van der Waals surface area contributed by atoms with Gasteiger partial charge >= 0.3 is 0 Å². The van der Waals surface area contributed by atoms with Crippen LogP contribution in [0.2, 0.25) is 0 Å². The molecule has 0 amide bonds. The zero-order chi connectivity index (χ0) is 12.5. The fourth-order valence-corrected chi connectivity index (χ4v) is 3.71. The predicted molar refractivity (Wildman–Crippen MR) is 64.6 cm³/mol. The molecular formula is C11H17N3O2S. The topological polar surface area (TPSA) is 72.0 Å². The van der Waals surface area contributed by atoms with Crippen molar-refractivity contribution < 1.29 is 8.42 Å². The van der Waals surface area contributed by atoms with E-state index >= 15 is 0 Å². The molecule has 2 heterocycles. The predicted octanol–water partition coefficient (Wildman–Crippen LogP) is 0.619. The van der Waals surface area contributed by atoms with Gasteiger partial charge in [0.2, 0.25) is 15.0 Å². The van der Waals surface area contributed by atoms with E-state index in [1.807, 2.05) is 0 Å². The van der Waals surface area contributed by atoms with Crippen LogP contribution in [0.3, 0.4) is 0 Å². The minimum atomic E-state index is -3.39. The van der Waals surface area contributed by atoms with Gasteiger partial charge in [-0.2, -0.15) is 0 Å². The molecule has 0 aliphatic carbocycles. The summed E-state index contributed by atoms with van der Waals surface area (Å²) in [5, 5.41) is 2.69. The number of piperidine rings is 1. The Bertz CT molecular complexity index is 487. The van der Waals surface area contributed by atoms with Gasteiger partial charge in [0.1, 0.15) is 0 Å². The summed E-state index contributed by atoms with van der Waals surface area (Å²) in [6.45, 7) is 4.96. The molecule has 17 heavy (non-hydrogen) atoms. The maximum absolute atomic E-state index is 12.3. The molecule has 0 unspecified atom stereocenters. The molecule has 0 aromatic carbocycles. The monoisotopic (exact) mass is 255 g/mol. The Morgan fingerprint density at radius 1 is 1.29 bits per heavy atom. The lowest BCUT2D eigenvalue weighted by atomic mass is 10.2. The van der Waals surface area contributed by atoms with Gasteiger partial charge in [-0.3, -0.25) is 0 Å². The van der Waals surface area contributed by atoms with Crippen LogP contribution in [-0.4, -0.2) is 36.7 Å². The van der Waals surface area contributed by atoms with Crippen LogP contribution in [0, 0.1) is 13.8 Å². The van der Waals surface area contributed by atoms with Gasteiger partial charge in [0.25, 0.3) is 0 Å². The number of rotatable bonds is 2. The van der Waals surface area contributed by atoms with Gasteiger partial charge in [-0.15, -0.1) is 0 Å². The molecule has 5 nitrogen and oxygen atoms in total. The maximum atomic E-state index is 12.3. The van der Waals surface area contributed by atoms with Crippen LogP contribution in [0.1, 0.15) is 24.2 Å². The second-order valence-electron chi connectivity index (χ2n) is 4.45. The van der Waals surface area contributed by atoms with Gasteiger partial charge in [0.05, 0.1) is 5.25 Å². The first-order valence-electron chi connectivity index (χ1n) is 5.77. The summed E-state index contributed by atoms with van der Waals surface area (Å²) in [6.07, 6.45) is 1.57. The molecule has 1 N–H and O–H groups in total. The third-order valence-corrected chi connectivity index (χ3v) is 4.88. The van der Waals surface area contributed by atoms with Crippen LogP contribution in [0.25, 0.3) is 0 Å². The highest BCUT2D eigenvalue weighted by Crippen LogP contribution is 2.18. The highest BCUT2D eigenvalue weighted by molar-refractivity contribution is 7.91. The molecule has 1 fully saturated rings. The first kappa shape index (κ1) is 12.4. The molecule has 1 atom stereocenters. The standard InChI is InChI=1S/C11H17N3O2S/c1-8-6-9(2)14-11(13-8)17(15,16)10-4-3-5-12-7-10/h6,10,12H,3-5,7H2,1-2H3/t10-/m1/s1. The first-order valence-corrected chi connectivity index (χ1v) is 7.31. The van der Waals surface area contributed by atoms with Crippen LogP contribution in [0.15, 0.2) is 11.2 Å². The fourth-order valence-electron chi connectivity index (χ4n) is 2.05. The minimum absolute atomic E-state index is 0.0244. The Labute approximate surface area is 102 Å². The number of sulfone groups is 1. The molecule has 0 bridgehead atoms. The SMILES string of the molecule is Cc1cc(C)nc(S(=O)(=O)[C@@H]2CCCNC2)n1. The molecule has 0 radical (unpaired) electrons. The molecule has 6 heteroatoms. The fraction of sp³-hybridized carbons (Fsp3) is 0.636. The van der Waals surface area contributed by atoms with Crippen molar-refractivity contribution in [2.24, 2.45) is 0 Å². The normalized spacial score (nSPS) is 21.4. The number of aryl methyl sites for hydroxylation is 2. The molecular weight excluding hydrogens is 238 g/mol. The summed E-state index contributed by atoms with van der Waals surface area (Å²) < 4.78 is 24.7. The van der Waals surface area contributed by atoms with E-state index in [4.69, 9.17) is 0 Å². The Morgan fingerprint density at radius 3 is 2.47 bits per heavy atom. The zero-order valence-corrected chi connectivity index (χ0v) is 10.9. The minimum Gasteiger partial charge on any atom is -0.315 e. The van der Waals surface area contributed by atoms with E-state index in [-0.39, 0.29) is 5.16 Å². The molecule has 94 valence electrons. The summed E-state index contributed by atoms with van der Waals surface area (Å²) in [5.41, 5.74) is 1.39. The van der Waals surface area contributed by atoms with Crippen molar-refractivity contribution in [2.45, 2.75) is 37.1 Å². The Morgan fingerprint density at radius 2 is 1.94 bits per heavy atom. The van der Waals surface area contributed by atoms with Gasteiger partial charge in [-0.05, 0) is 39.3 Å². The summed E-state index contributed by atoms with van der Waals surface area (Å²) >= 11 is 0. The van der Waals surface area contributed by atoms with E-state index < -0.39 is 15.1 Å². The molecule has 0 spiro atoms. The second-order valence-corrected chi connectivity index (χ2v) is 6.57. The van der Waals surface area contributed by atoms with E-state index in [2.05, 4.69) is 15.3 Å². The van der Waals surface area contributed by atoms with Crippen molar-refractivity contribution in [1.29, 1.82) is 0 Å². The van der Waals surface area contributed by atoms with Gasteiger partial charge in [0.15, 0.2) is 0 Å². The largest absolute Gasteiger partial charge is 0.315 e. The van der Waals surface area contributed by atoms with Crippen molar-refractivity contribution in [1.82, 2.24) is 15.3 Å². The number of nitrogens with one attached hydrogen (secondary N) is 1. The third kappa shape index (κ3) is 2.63. The quantitative estimate of drug-likeness (QED) is 0.784. The van der Waals surface area contributed by atoms with E-state index in [1.165, 1.54) is 0 Å². The lowest BCUT2D eigenvalue weighted by Crippen LogP contribution is -2.39. The van der Waals surface area contributed by atoms with Crippen LogP contribution in [0.5, 0.6) is 0 Å². The lowest BCUT2D eigenvalue weighted by Gasteiger charge is -2.22. The van der Waals surface area contributed by atoms with Crippen molar-refractivity contribution in [3.8, 4) is 0 Å². The van der Waals surface area contributed by atoms with E-state index in [1.54, 1.807) is 19.9 Å². The number of aromatic nitrogens is 2. The Balaban J connectivity index is 2.36. The van der Waals surface area contributed by atoms with Crippen molar-refractivity contribution in [3.05, 3.63) is 17.5 Å². The average Bonchev–Trinajstić information content (AvgIpc) is 2.29. The Kier molecular flexibility index (Phi) is 3.44. The van der Waals surface area contributed by atoms with Gasteiger partial charge in [0, 0.05) is 17.9 Å². The number of hydrogen-bond donors (Lipinski definition) is 1. The second kappa shape index (κ2) is 4.70. The maximum Gasteiger partial charge on any atom is 0.247 e. The van der Waals surface area contributed by atoms with Crippen LogP contribution in [0.4, 0.5) is 0 Å². The van der Waals surface area contributed by atoms with Crippen molar-refractivity contribution in [2.75, 3.05) is 13.1 Å². The molecule has 1 saturated heterocycles. The smallest absolute Gasteiger partial charge is 0.247 e. The molecule has 0 saturated carbocycles. The highest BCUT2D eigenvalue weighted by Gasteiger charge is 2.31. The summed E-state index contributed by atoms with van der Waals surface area (Å²) in [5.74, 6) is 0. The molecule has 1 aromatic heterocycles. The zero-order valence-electron chi connectivity index (χ0n) is 10.1. The molecule has 2 rings (SSSR count). The molecule has 1 aliphatic heterocycles. The summed E-state index contributed by atoms with van der Waals surface area (Å²) in [4.78, 5) is 8.11. The van der Waals surface area contributed by atoms with E-state index in [9.17, 15) is 8.42 Å². The van der Waals surface area contributed by atoms with Gasteiger partial charge < -0.3 is 5.32 Å². The van der Waals surface area contributed by atoms with Crippen molar-refractivity contribution in [3.63, 3.8) is 0 Å². The third-order valence-electron chi connectivity index (χ3n) is 2.91.